The van der Waals surface area contributed by atoms with Gasteiger partial charge in [0.25, 0.3) is 0 Å². The van der Waals surface area contributed by atoms with Gasteiger partial charge in [-0.25, -0.2) is 4.39 Å². The number of halogens is 1. The molecule has 7 heteroatoms. The molecule has 2 fully saturated rings. The highest BCUT2D eigenvalue weighted by Gasteiger charge is 2.41. The Morgan fingerprint density at radius 1 is 1.00 bits per heavy atom. The summed E-state index contributed by atoms with van der Waals surface area (Å²) < 4.78 is 13.5. The van der Waals surface area contributed by atoms with E-state index < -0.39 is 0 Å². The van der Waals surface area contributed by atoms with E-state index >= 15 is 0 Å². The van der Waals surface area contributed by atoms with Gasteiger partial charge in [-0.1, -0.05) is 30.3 Å². The first-order valence-corrected chi connectivity index (χ1v) is 12.0. The third-order valence-corrected chi connectivity index (χ3v) is 7.22. The van der Waals surface area contributed by atoms with E-state index in [0.717, 1.165) is 44.6 Å². The number of hydrogen-bond donors (Lipinski definition) is 1. The Morgan fingerprint density at radius 2 is 1.82 bits per heavy atom. The Bertz CT molecular complexity index is 1020. The fourth-order valence-corrected chi connectivity index (χ4v) is 5.49. The Hall–Kier alpha value is -2.93. The van der Waals surface area contributed by atoms with Gasteiger partial charge in [-0.2, -0.15) is 0 Å². The molecule has 6 nitrogen and oxygen atoms in total. The fourth-order valence-electron chi connectivity index (χ4n) is 5.49. The number of carbonyl (C=O) groups excluding carboxylic acids is 2. The smallest absolute Gasteiger partial charge is 0.236 e. The summed E-state index contributed by atoms with van der Waals surface area (Å²) in [5, 5.41) is 3.03. The molecule has 0 bridgehead atoms. The maximum Gasteiger partial charge on any atom is 0.236 e. The summed E-state index contributed by atoms with van der Waals surface area (Å²) in [5.41, 5.74) is 3.13. The van der Waals surface area contributed by atoms with Crippen molar-refractivity contribution >= 4 is 17.5 Å². The van der Waals surface area contributed by atoms with Crippen molar-refractivity contribution in [2.45, 2.75) is 31.8 Å². The van der Waals surface area contributed by atoms with Gasteiger partial charge in [0.2, 0.25) is 11.8 Å². The predicted molar refractivity (Wildman–Crippen MR) is 125 cm³/mol. The van der Waals surface area contributed by atoms with Gasteiger partial charge in [0.1, 0.15) is 5.82 Å². The first kappa shape index (κ1) is 21.9. The third kappa shape index (κ3) is 4.74. The minimum atomic E-state index is -0.301. The number of benzene rings is 2. The predicted octanol–water partition coefficient (Wildman–Crippen LogP) is 2.43. The summed E-state index contributed by atoms with van der Waals surface area (Å²) in [4.78, 5) is 32.6. The van der Waals surface area contributed by atoms with Crippen LogP contribution in [0.2, 0.25) is 0 Å². The topological polar surface area (TPSA) is 55.9 Å². The van der Waals surface area contributed by atoms with Crippen LogP contribution in [0.1, 0.15) is 24.0 Å². The highest BCUT2D eigenvalue weighted by atomic mass is 19.1. The van der Waals surface area contributed by atoms with Crippen LogP contribution in [-0.2, 0) is 22.6 Å². The van der Waals surface area contributed by atoms with E-state index in [2.05, 4.69) is 27.2 Å². The second-order valence-electron chi connectivity index (χ2n) is 9.37. The highest BCUT2D eigenvalue weighted by Crippen LogP contribution is 2.36. The van der Waals surface area contributed by atoms with E-state index in [0.29, 0.717) is 26.1 Å². The molecule has 1 N–H and O–H groups in total. The molecular formula is C26H31FN4O2. The monoisotopic (exact) mass is 450 g/mol. The highest BCUT2D eigenvalue weighted by molar-refractivity contribution is 5.82. The molecule has 5 rings (SSSR count). The number of likely N-dealkylation sites (tertiary alicyclic amines) is 1. The van der Waals surface area contributed by atoms with Crippen LogP contribution in [0.3, 0.4) is 0 Å². The zero-order chi connectivity index (χ0) is 22.8. The van der Waals surface area contributed by atoms with Gasteiger partial charge in [0.05, 0.1) is 18.5 Å². The van der Waals surface area contributed by atoms with Crippen molar-refractivity contribution in [3.63, 3.8) is 0 Å². The van der Waals surface area contributed by atoms with Crippen LogP contribution in [0.5, 0.6) is 0 Å². The zero-order valence-corrected chi connectivity index (χ0v) is 18.9. The number of nitrogens with zero attached hydrogens (tertiary/aromatic N) is 3. The standard InChI is InChI=1S/C26H31FN4O2/c27-21-8-5-6-19(14-21)16-28-26(33)22-15-20-7-1-2-9-23(20)31-13-12-29(17-24(22)31)18-25(32)30-10-3-4-11-30/h1-2,5-9,14,22,24H,3-4,10-13,15-18H2,(H,28,33)/t22-,24+/m1/s1. The Kier molecular flexibility index (Phi) is 6.31. The van der Waals surface area contributed by atoms with Crippen LogP contribution in [0, 0.1) is 11.7 Å². The Balaban J connectivity index is 1.31. The molecule has 2 aromatic rings. The van der Waals surface area contributed by atoms with Crippen LogP contribution >= 0.6 is 0 Å². The van der Waals surface area contributed by atoms with Gasteiger partial charge >= 0.3 is 0 Å². The third-order valence-electron chi connectivity index (χ3n) is 7.22. The number of carbonyl (C=O) groups is 2. The lowest BCUT2D eigenvalue weighted by molar-refractivity contribution is -0.131. The van der Waals surface area contributed by atoms with Crippen LogP contribution in [0.25, 0.3) is 0 Å². The number of fused-ring (bicyclic) bond motifs is 3. The number of para-hydroxylation sites is 1. The van der Waals surface area contributed by atoms with Gasteiger partial charge in [0, 0.05) is 45.0 Å². The number of piperazine rings is 1. The first-order chi connectivity index (χ1) is 16.1. The summed E-state index contributed by atoms with van der Waals surface area (Å²) in [6, 6.07) is 14.6. The van der Waals surface area contributed by atoms with Crippen LogP contribution in [0.15, 0.2) is 48.5 Å². The minimum absolute atomic E-state index is 0.00698. The van der Waals surface area contributed by atoms with E-state index in [4.69, 9.17) is 0 Å². The molecule has 0 aliphatic carbocycles. The summed E-state index contributed by atoms with van der Waals surface area (Å²) in [6.45, 7) is 4.74. The summed E-state index contributed by atoms with van der Waals surface area (Å²) in [5.74, 6) is -0.344. The van der Waals surface area contributed by atoms with Gasteiger partial charge in [-0.15, -0.1) is 0 Å². The van der Waals surface area contributed by atoms with Crippen LogP contribution in [-0.4, -0.2) is 66.9 Å². The van der Waals surface area contributed by atoms with Crippen molar-refractivity contribution in [2.24, 2.45) is 5.92 Å². The molecule has 3 heterocycles. The molecule has 33 heavy (non-hydrogen) atoms. The molecule has 0 unspecified atom stereocenters. The molecule has 3 aliphatic rings. The van der Waals surface area contributed by atoms with Crippen LogP contribution < -0.4 is 10.2 Å². The average Bonchev–Trinajstić information content (AvgIpc) is 3.37. The largest absolute Gasteiger partial charge is 0.365 e. The number of anilines is 1. The second-order valence-corrected chi connectivity index (χ2v) is 9.37. The second kappa shape index (κ2) is 9.51. The molecule has 0 saturated carbocycles. The number of amides is 2. The van der Waals surface area contributed by atoms with E-state index in [-0.39, 0.29) is 29.6 Å². The Morgan fingerprint density at radius 3 is 2.64 bits per heavy atom. The molecule has 2 aromatic carbocycles. The summed E-state index contributed by atoms with van der Waals surface area (Å²) >= 11 is 0. The SMILES string of the molecule is O=C(NCc1cccc(F)c1)[C@@H]1Cc2ccccc2N2CCN(CC(=O)N3CCCC3)C[C@@H]12. The summed E-state index contributed by atoms with van der Waals surface area (Å²) in [7, 11) is 0. The minimum Gasteiger partial charge on any atom is -0.365 e. The zero-order valence-electron chi connectivity index (χ0n) is 18.9. The number of hydrogen-bond acceptors (Lipinski definition) is 4. The van der Waals surface area contributed by atoms with Gasteiger partial charge in [0.15, 0.2) is 0 Å². The van der Waals surface area contributed by atoms with Crippen molar-refractivity contribution in [2.75, 3.05) is 44.2 Å². The fraction of sp³-hybridized carbons (Fsp3) is 0.462. The molecule has 2 atom stereocenters. The van der Waals surface area contributed by atoms with E-state index in [1.165, 1.54) is 23.4 Å². The normalized spacial score (nSPS) is 22.6. The molecule has 2 saturated heterocycles. The van der Waals surface area contributed by atoms with Crippen molar-refractivity contribution in [3.8, 4) is 0 Å². The molecule has 2 amide bonds. The van der Waals surface area contributed by atoms with Gasteiger partial charge in [-0.05, 0) is 48.6 Å². The number of nitrogens with one attached hydrogen (secondary N) is 1. The number of rotatable bonds is 5. The Labute approximate surface area is 194 Å². The van der Waals surface area contributed by atoms with E-state index in [9.17, 15) is 14.0 Å². The lowest BCUT2D eigenvalue weighted by atomic mass is 9.83. The molecule has 0 radical (unpaired) electrons. The lowest BCUT2D eigenvalue weighted by Crippen LogP contribution is -2.62. The van der Waals surface area contributed by atoms with Crippen molar-refractivity contribution in [3.05, 3.63) is 65.5 Å². The summed E-state index contributed by atoms with van der Waals surface area (Å²) in [6.07, 6.45) is 2.85. The molecular weight excluding hydrogens is 419 g/mol. The first-order valence-electron chi connectivity index (χ1n) is 12.0. The maximum atomic E-state index is 13.5. The van der Waals surface area contributed by atoms with Crippen LogP contribution in [0.4, 0.5) is 10.1 Å². The molecule has 0 spiro atoms. The van der Waals surface area contributed by atoms with Gasteiger partial charge < -0.3 is 15.1 Å². The van der Waals surface area contributed by atoms with Crippen molar-refractivity contribution in [1.82, 2.24) is 15.1 Å². The van der Waals surface area contributed by atoms with Gasteiger partial charge in [-0.3, -0.25) is 14.5 Å². The maximum absolute atomic E-state index is 13.5. The average molecular weight is 451 g/mol. The molecule has 3 aliphatic heterocycles. The van der Waals surface area contributed by atoms with Crippen molar-refractivity contribution in [1.29, 1.82) is 0 Å². The molecule has 0 aromatic heterocycles. The quantitative estimate of drug-likeness (QED) is 0.760. The lowest BCUT2D eigenvalue weighted by Gasteiger charge is -2.49. The van der Waals surface area contributed by atoms with E-state index in [1.807, 2.05) is 23.1 Å². The van der Waals surface area contributed by atoms with Crippen molar-refractivity contribution < 1.29 is 14.0 Å². The molecule has 174 valence electrons. The van der Waals surface area contributed by atoms with E-state index in [1.54, 1.807) is 6.07 Å².